The Morgan fingerprint density at radius 2 is 1.69 bits per heavy atom. The Kier molecular flexibility index (Phi) is 6.36. The van der Waals surface area contributed by atoms with E-state index in [1.165, 1.54) is 0 Å². The molecule has 2 N–H and O–H groups in total. The van der Waals surface area contributed by atoms with Crippen LogP contribution in [0.4, 0.5) is 0 Å². The molecular weight excluding hydrogens is 201 g/mol. The van der Waals surface area contributed by atoms with Gasteiger partial charge in [-0.15, -0.1) is 0 Å². The molecule has 0 aromatic heterocycles. The predicted molar refractivity (Wildman–Crippen MR) is 64.0 cm³/mol. The van der Waals surface area contributed by atoms with E-state index < -0.39 is 6.34 Å². The van der Waals surface area contributed by atoms with Crippen molar-refractivity contribution in [2.75, 3.05) is 12.3 Å². The Hall–Kier alpha value is 0.540. The minimum atomic E-state index is -2.03. The Balaban J connectivity index is 4.18. The topological polar surface area (TPSA) is 43.1 Å². The lowest BCUT2D eigenvalue weighted by molar-refractivity contribution is 0.573. The van der Waals surface area contributed by atoms with E-state index in [1.807, 2.05) is 0 Å². The fourth-order valence-electron chi connectivity index (χ4n) is 1.18. The molecule has 0 radical (unpaired) electrons. The van der Waals surface area contributed by atoms with Crippen LogP contribution in [-0.4, -0.2) is 23.6 Å². The van der Waals surface area contributed by atoms with Gasteiger partial charge in [0.2, 0.25) is 0 Å². The quantitative estimate of drug-likeness (QED) is 0.555. The molecule has 0 saturated carbocycles. The van der Waals surface area contributed by atoms with Gasteiger partial charge >= 0.3 is 0 Å². The molecule has 2 nitrogen and oxygen atoms in total. The highest BCUT2D eigenvalue weighted by Gasteiger charge is 2.30. The van der Waals surface area contributed by atoms with Crippen LogP contribution >= 0.6 is 17.7 Å². The van der Waals surface area contributed by atoms with Gasteiger partial charge in [-0.1, -0.05) is 39.1 Å². The maximum absolute atomic E-state index is 12.4. The molecule has 0 fully saturated rings. The second kappa shape index (κ2) is 6.10. The standard InChI is InChI=1S/C9H22NOPS/c1-8(2)12(11,9(3)4)13-7-5-6-10/h8-9H,5-7,10H2,1-4H3. The van der Waals surface area contributed by atoms with Crippen LogP contribution in [0.5, 0.6) is 0 Å². The molecule has 0 aromatic rings. The molecule has 0 rings (SSSR count). The third-order valence-corrected chi connectivity index (χ3v) is 10.1. The molecule has 0 atom stereocenters. The number of hydrogen-bond acceptors (Lipinski definition) is 3. The van der Waals surface area contributed by atoms with E-state index in [9.17, 15) is 4.57 Å². The summed E-state index contributed by atoms with van der Waals surface area (Å²) in [6.45, 7) is 8.90. The van der Waals surface area contributed by atoms with Crippen molar-refractivity contribution in [1.29, 1.82) is 0 Å². The van der Waals surface area contributed by atoms with Crippen molar-refractivity contribution in [2.24, 2.45) is 5.73 Å². The zero-order chi connectivity index (χ0) is 10.5. The molecule has 0 unspecified atom stereocenters. The SMILES string of the molecule is CC(C)P(=O)(SCCCN)C(C)C. The van der Waals surface area contributed by atoms with Crippen molar-refractivity contribution in [1.82, 2.24) is 0 Å². The molecule has 0 aliphatic carbocycles. The lowest BCUT2D eigenvalue weighted by Gasteiger charge is -2.25. The first-order chi connectivity index (χ1) is 5.95. The number of rotatable bonds is 6. The molecule has 0 aliphatic heterocycles. The lowest BCUT2D eigenvalue weighted by atomic mass is 10.5. The summed E-state index contributed by atoms with van der Waals surface area (Å²) in [5.41, 5.74) is 5.98. The van der Waals surface area contributed by atoms with E-state index in [0.717, 1.165) is 12.2 Å². The van der Waals surface area contributed by atoms with E-state index in [2.05, 4.69) is 27.7 Å². The summed E-state index contributed by atoms with van der Waals surface area (Å²) in [5, 5.41) is 0. The maximum atomic E-state index is 12.4. The minimum absolute atomic E-state index is 0.287. The maximum Gasteiger partial charge on any atom is 0.144 e. The molecule has 4 heteroatoms. The molecular formula is C9H22NOPS. The smallest absolute Gasteiger partial charge is 0.144 e. The molecule has 0 bridgehead atoms. The van der Waals surface area contributed by atoms with Crippen LogP contribution in [0.15, 0.2) is 0 Å². The van der Waals surface area contributed by atoms with Crippen LogP contribution in [0.25, 0.3) is 0 Å². The first-order valence-corrected chi connectivity index (χ1v) is 8.32. The fraction of sp³-hybridized carbons (Fsp3) is 1.00. The van der Waals surface area contributed by atoms with Crippen LogP contribution in [0, 0.1) is 0 Å². The average Bonchev–Trinajstić information content (AvgIpc) is 2.03. The second-order valence-corrected chi connectivity index (χ2v) is 10.3. The third kappa shape index (κ3) is 4.05. The van der Waals surface area contributed by atoms with Crippen molar-refractivity contribution in [3.8, 4) is 0 Å². The number of nitrogens with two attached hydrogens (primary N) is 1. The summed E-state index contributed by atoms with van der Waals surface area (Å²) in [4.78, 5) is 0. The minimum Gasteiger partial charge on any atom is -0.330 e. The van der Waals surface area contributed by atoms with E-state index in [0.29, 0.717) is 6.54 Å². The van der Waals surface area contributed by atoms with Crippen molar-refractivity contribution < 1.29 is 4.57 Å². The van der Waals surface area contributed by atoms with Gasteiger partial charge < -0.3 is 10.3 Å². The molecule has 0 amide bonds. The van der Waals surface area contributed by atoms with Crippen molar-refractivity contribution in [3.63, 3.8) is 0 Å². The summed E-state index contributed by atoms with van der Waals surface area (Å²) in [6.07, 6.45) is -1.07. The van der Waals surface area contributed by atoms with Crippen LogP contribution in [0.2, 0.25) is 0 Å². The first kappa shape index (κ1) is 13.5. The molecule has 13 heavy (non-hydrogen) atoms. The Labute approximate surface area is 86.2 Å². The van der Waals surface area contributed by atoms with Gasteiger partial charge in [-0.05, 0) is 13.0 Å². The summed E-state index contributed by atoms with van der Waals surface area (Å²) < 4.78 is 12.4. The van der Waals surface area contributed by atoms with Gasteiger partial charge in [-0.2, -0.15) is 0 Å². The second-order valence-electron chi connectivity index (χ2n) is 3.81. The van der Waals surface area contributed by atoms with Crippen LogP contribution < -0.4 is 5.73 Å². The molecule has 0 heterocycles. The normalized spacial score (nSPS) is 12.8. The van der Waals surface area contributed by atoms with Gasteiger partial charge in [0.25, 0.3) is 0 Å². The number of hydrogen-bond donors (Lipinski definition) is 1. The summed E-state index contributed by atoms with van der Waals surface area (Å²) in [6, 6.07) is 0. The van der Waals surface area contributed by atoms with Crippen molar-refractivity contribution in [3.05, 3.63) is 0 Å². The van der Waals surface area contributed by atoms with Gasteiger partial charge in [-0.3, -0.25) is 0 Å². The summed E-state index contributed by atoms with van der Waals surface area (Å²) in [5.74, 6) is 0.935. The van der Waals surface area contributed by atoms with Crippen LogP contribution in [0.3, 0.4) is 0 Å². The average molecular weight is 223 g/mol. The fourth-order valence-corrected chi connectivity index (χ4v) is 6.59. The van der Waals surface area contributed by atoms with Gasteiger partial charge in [0, 0.05) is 17.1 Å². The highest BCUT2D eigenvalue weighted by atomic mass is 32.7. The van der Waals surface area contributed by atoms with E-state index in [4.69, 9.17) is 5.73 Å². The van der Waals surface area contributed by atoms with E-state index in [1.54, 1.807) is 11.4 Å². The Morgan fingerprint density at radius 3 is 2.00 bits per heavy atom. The molecule has 0 saturated heterocycles. The zero-order valence-corrected chi connectivity index (χ0v) is 10.8. The van der Waals surface area contributed by atoms with E-state index >= 15 is 0 Å². The molecule has 80 valence electrons. The van der Waals surface area contributed by atoms with E-state index in [-0.39, 0.29) is 11.3 Å². The summed E-state index contributed by atoms with van der Waals surface area (Å²) in [7, 11) is 0. The van der Waals surface area contributed by atoms with Crippen molar-refractivity contribution in [2.45, 2.75) is 45.4 Å². The largest absolute Gasteiger partial charge is 0.330 e. The highest BCUT2D eigenvalue weighted by molar-refractivity contribution is 8.58. The molecule has 0 aromatic carbocycles. The van der Waals surface area contributed by atoms with Gasteiger partial charge in [-0.25, -0.2) is 0 Å². The molecule has 0 aliphatic rings. The van der Waals surface area contributed by atoms with Crippen molar-refractivity contribution >= 4 is 17.7 Å². The molecule has 0 spiro atoms. The van der Waals surface area contributed by atoms with Crippen LogP contribution in [0.1, 0.15) is 34.1 Å². The summed E-state index contributed by atoms with van der Waals surface area (Å²) >= 11 is 1.64. The lowest BCUT2D eigenvalue weighted by Crippen LogP contribution is -2.07. The Morgan fingerprint density at radius 1 is 1.23 bits per heavy atom. The van der Waals surface area contributed by atoms with Gasteiger partial charge in [0.15, 0.2) is 0 Å². The van der Waals surface area contributed by atoms with Gasteiger partial charge in [0.1, 0.15) is 6.34 Å². The monoisotopic (exact) mass is 223 g/mol. The third-order valence-electron chi connectivity index (χ3n) is 2.08. The van der Waals surface area contributed by atoms with Gasteiger partial charge in [0.05, 0.1) is 0 Å². The zero-order valence-electron chi connectivity index (χ0n) is 9.12. The Bertz CT molecular complexity index is 170. The van der Waals surface area contributed by atoms with Crippen LogP contribution in [-0.2, 0) is 4.57 Å². The highest BCUT2D eigenvalue weighted by Crippen LogP contribution is 2.65. The predicted octanol–water partition coefficient (Wildman–Crippen LogP) is 3.16. The first-order valence-electron chi connectivity index (χ1n) is 4.89.